The van der Waals surface area contributed by atoms with Gasteiger partial charge in [-0.3, -0.25) is 4.79 Å². The zero-order chi connectivity index (χ0) is 11.0. The predicted octanol–water partition coefficient (Wildman–Crippen LogP) is 1.22. The molecular formula is C11H14N2O2. The van der Waals surface area contributed by atoms with Crippen LogP contribution in [0.1, 0.15) is 17.2 Å². The van der Waals surface area contributed by atoms with Crippen LogP contribution >= 0.6 is 0 Å². The third-order valence-corrected chi connectivity index (χ3v) is 2.73. The van der Waals surface area contributed by atoms with Crippen molar-refractivity contribution in [1.82, 2.24) is 5.32 Å². The zero-order valence-electron chi connectivity index (χ0n) is 9.05. The Morgan fingerprint density at radius 3 is 2.80 bits per heavy atom. The summed E-state index contributed by atoms with van der Waals surface area (Å²) in [6.45, 7) is 1.99. The van der Waals surface area contributed by atoms with Gasteiger partial charge in [-0.2, -0.15) is 0 Å². The van der Waals surface area contributed by atoms with Crippen molar-refractivity contribution in [3.05, 3.63) is 23.3 Å². The second-order valence-corrected chi connectivity index (χ2v) is 3.58. The maximum absolute atomic E-state index is 11.7. The topological polar surface area (TPSA) is 50.4 Å². The molecule has 0 saturated heterocycles. The van der Waals surface area contributed by atoms with Crippen LogP contribution in [0, 0.1) is 6.92 Å². The summed E-state index contributed by atoms with van der Waals surface area (Å²) in [5, 5.41) is 5.83. The standard InChI is InChI=1S/C11H14N2O2/c1-6-4-5-7(15-3)9-8(6)10(12-2)11(14)13-9/h4-5,10,12H,1-3H3,(H,13,14). The molecular weight excluding hydrogens is 192 g/mol. The lowest BCUT2D eigenvalue weighted by molar-refractivity contribution is -0.117. The van der Waals surface area contributed by atoms with Gasteiger partial charge >= 0.3 is 0 Å². The minimum atomic E-state index is -0.268. The molecule has 1 unspecified atom stereocenters. The van der Waals surface area contributed by atoms with Gasteiger partial charge in [0.2, 0.25) is 5.91 Å². The van der Waals surface area contributed by atoms with E-state index < -0.39 is 0 Å². The van der Waals surface area contributed by atoms with Gasteiger partial charge in [0.15, 0.2) is 0 Å². The average Bonchev–Trinajstić information content (AvgIpc) is 2.56. The van der Waals surface area contributed by atoms with E-state index in [-0.39, 0.29) is 11.9 Å². The third-order valence-electron chi connectivity index (χ3n) is 2.73. The van der Waals surface area contributed by atoms with E-state index in [0.717, 1.165) is 16.8 Å². The molecule has 15 heavy (non-hydrogen) atoms. The summed E-state index contributed by atoms with van der Waals surface area (Å²) >= 11 is 0. The number of likely N-dealkylation sites (N-methyl/N-ethyl adjacent to an activating group) is 1. The summed E-state index contributed by atoms with van der Waals surface area (Å²) in [7, 11) is 3.38. The number of carbonyl (C=O) groups is 1. The zero-order valence-corrected chi connectivity index (χ0v) is 9.05. The van der Waals surface area contributed by atoms with Crippen molar-refractivity contribution in [3.63, 3.8) is 0 Å². The van der Waals surface area contributed by atoms with Gasteiger partial charge in [-0.15, -0.1) is 0 Å². The summed E-state index contributed by atoms with van der Waals surface area (Å²) in [6, 6.07) is 3.56. The molecule has 1 aromatic rings. The first-order valence-corrected chi connectivity index (χ1v) is 4.84. The first kappa shape index (κ1) is 9.98. The number of ether oxygens (including phenoxy) is 1. The Morgan fingerprint density at radius 1 is 1.47 bits per heavy atom. The summed E-state index contributed by atoms with van der Waals surface area (Å²) in [5.41, 5.74) is 2.87. The quantitative estimate of drug-likeness (QED) is 0.764. The molecule has 1 aromatic carbocycles. The largest absolute Gasteiger partial charge is 0.495 e. The Balaban J connectivity index is 2.60. The average molecular weight is 206 g/mol. The number of hydrogen-bond donors (Lipinski definition) is 2. The predicted molar refractivity (Wildman–Crippen MR) is 58.2 cm³/mol. The number of carbonyl (C=O) groups excluding carboxylic acids is 1. The van der Waals surface area contributed by atoms with E-state index in [1.54, 1.807) is 14.2 Å². The van der Waals surface area contributed by atoms with Crippen LogP contribution in [0.3, 0.4) is 0 Å². The maximum Gasteiger partial charge on any atom is 0.246 e. The first-order valence-electron chi connectivity index (χ1n) is 4.84. The van der Waals surface area contributed by atoms with E-state index in [4.69, 9.17) is 4.74 Å². The minimum Gasteiger partial charge on any atom is -0.495 e. The summed E-state index contributed by atoms with van der Waals surface area (Å²) in [6.07, 6.45) is 0. The van der Waals surface area contributed by atoms with Gasteiger partial charge in [-0.05, 0) is 25.6 Å². The molecule has 0 aliphatic carbocycles. The van der Waals surface area contributed by atoms with Crippen LogP contribution in [0.5, 0.6) is 5.75 Å². The number of hydrogen-bond acceptors (Lipinski definition) is 3. The van der Waals surface area contributed by atoms with Crippen molar-refractivity contribution in [1.29, 1.82) is 0 Å². The van der Waals surface area contributed by atoms with Gasteiger partial charge in [0.05, 0.1) is 12.8 Å². The molecule has 1 aliphatic heterocycles. The van der Waals surface area contributed by atoms with Crippen LogP contribution in [-0.2, 0) is 4.79 Å². The number of amides is 1. The molecule has 80 valence electrons. The number of nitrogens with one attached hydrogen (secondary N) is 2. The second-order valence-electron chi connectivity index (χ2n) is 3.58. The highest BCUT2D eigenvalue weighted by Gasteiger charge is 2.32. The van der Waals surface area contributed by atoms with Crippen molar-refractivity contribution in [3.8, 4) is 5.75 Å². The lowest BCUT2D eigenvalue weighted by Crippen LogP contribution is -2.24. The smallest absolute Gasteiger partial charge is 0.246 e. The van der Waals surface area contributed by atoms with Crippen LogP contribution in [0.15, 0.2) is 12.1 Å². The molecule has 4 heteroatoms. The van der Waals surface area contributed by atoms with E-state index >= 15 is 0 Å². The van der Waals surface area contributed by atoms with Crippen molar-refractivity contribution in [2.75, 3.05) is 19.5 Å². The lowest BCUT2D eigenvalue weighted by atomic mass is 10.0. The molecule has 1 heterocycles. The highest BCUT2D eigenvalue weighted by molar-refractivity contribution is 6.04. The molecule has 0 radical (unpaired) electrons. The number of aryl methyl sites for hydroxylation is 1. The van der Waals surface area contributed by atoms with E-state index in [2.05, 4.69) is 10.6 Å². The summed E-state index contributed by atoms with van der Waals surface area (Å²) < 4.78 is 5.21. The number of benzene rings is 1. The van der Waals surface area contributed by atoms with Crippen LogP contribution in [-0.4, -0.2) is 20.1 Å². The second kappa shape index (κ2) is 3.55. The van der Waals surface area contributed by atoms with E-state index in [1.807, 2.05) is 19.1 Å². The first-order chi connectivity index (χ1) is 7.19. The number of methoxy groups -OCH3 is 1. The number of rotatable bonds is 2. The van der Waals surface area contributed by atoms with Gasteiger partial charge in [0, 0.05) is 5.56 Å². The fourth-order valence-corrected chi connectivity index (χ4v) is 1.98. The minimum absolute atomic E-state index is 0.0277. The monoisotopic (exact) mass is 206 g/mol. The van der Waals surface area contributed by atoms with Crippen molar-refractivity contribution in [2.24, 2.45) is 0 Å². The molecule has 0 bridgehead atoms. The fraction of sp³-hybridized carbons (Fsp3) is 0.364. The molecule has 0 aromatic heterocycles. The lowest BCUT2D eigenvalue weighted by Gasteiger charge is -2.11. The van der Waals surface area contributed by atoms with Crippen LogP contribution < -0.4 is 15.4 Å². The van der Waals surface area contributed by atoms with Gasteiger partial charge in [0.25, 0.3) is 0 Å². The van der Waals surface area contributed by atoms with Gasteiger partial charge in [-0.25, -0.2) is 0 Å². The Labute approximate surface area is 88.6 Å². The molecule has 2 N–H and O–H groups in total. The van der Waals surface area contributed by atoms with Crippen LogP contribution in [0.2, 0.25) is 0 Å². The Bertz CT molecular complexity index is 415. The van der Waals surface area contributed by atoms with Crippen molar-refractivity contribution in [2.45, 2.75) is 13.0 Å². The maximum atomic E-state index is 11.7. The van der Waals surface area contributed by atoms with Crippen LogP contribution in [0.4, 0.5) is 5.69 Å². The molecule has 1 amide bonds. The van der Waals surface area contributed by atoms with E-state index in [1.165, 1.54) is 0 Å². The Hall–Kier alpha value is -1.55. The number of fused-ring (bicyclic) bond motifs is 1. The molecule has 0 saturated carbocycles. The SMILES string of the molecule is CNC1C(=O)Nc2c(OC)ccc(C)c21. The van der Waals surface area contributed by atoms with Gasteiger partial charge < -0.3 is 15.4 Å². The highest BCUT2D eigenvalue weighted by atomic mass is 16.5. The highest BCUT2D eigenvalue weighted by Crippen LogP contribution is 2.39. The van der Waals surface area contributed by atoms with E-state index in [0.29, 0.717) is 5.75 Å². The molecule has 2 rings (SSSR count). The molecule has 0 spiro atoms. The normalized spacial score (nSPS) is 18.6. The molecule has 1 atom stereocenters. The van der Waals surface area contributed by atoms with Gasteiger partial charge in [0.1, 0.15) is 11.8 Å². The van der Waals surface area contributed by atoms with Crippen molar-refractivity contribution < 1.29 is 9.53 Å². The molecule has 1 aliphatic rings. The van der Waals surface area contributed by atoms with Crippen LogP contribution in [0.25, 0.3) is 0 Å². The van der Waals surface area contributed by atoms with E-state index in [9.17, 15) is 4.79 Å². The fourth-order valence-electron chi connectivity index (χ4n) is 1.98. The van der Waals surface area contributed by atoms with Crippen molar-refractivity contribution >= 4 is 11.6 Å². The molecule has 4 nitrogen and oxygen atoms in total. The van der Waals surface area contributed by atoms with Gasteiger partial charge in [-0.1, -0.05) is 6.07 Å². The number of anilines is 1. The molecule has 0 fully saturated rings. The summed E-state index contributed by atoms with van der Waals surface area (Å²) in [4.78, 5) is 11.7. The third kappa shape index (κ3) is 1.37. The Morgan fingerprint density at radius 2 is 2.20 bits per heavy atom. The Kier molecular flexibility index (Phi) is 2.36. The summed E-state index contributed by atoms with van der Waals surface area (Å²) in [5.74, 6) is 0.682.